The third kappa shape index (κ3) is 9.32. The van der Waals surface area contributed by atoms with Gasteiger partial charge in [0, 0.05) is 18.8 Å². The van der Waals surface area contributed by atoms with Crippen LogP contribution in [0.2, 0.25) is 0 Å². The molecule has 1 N–H and O–H groups in total. The van der Waals surface area contributed by atoms with Gasteiger partial charge in [0.2, 0.25) is 5.88 Å². The number of carboxylic acids is 1. The predicted octanol–water partition coefficient (Wildman–Crippen LogP) is 8.13. The number of methoxy groups -OCH3 is 1. The number of fused-ring (bicyclic) bond motifs is 1. The number of aryl methyl sites for hydroxylation is 1. The van der Waals surface area contributed by atoms with E-state index in [0.717, 1.165) is 54.9 Å². The molecular weight excluding hydrogens is 512 g/mol. The Kier molecular flexibility index (Phi) is 12.7. The standard InChI is InChI=1S/C30H36N2O4.C3H6.C2H6/c1-5-32(6-2)19-25-17-24(9-11-26(25)23-13-14-31-29(18-23)35-4)27-12-10-22-8-7-21(16-28(22)36-27)15-20(3)30(33)34;1-2-3-1;1-2/h7-9,11,13-14,16-18,20,27H,5-6,10,12,15,19H2,1-4H3,(H,33,34);1-3H2;1-2H3/t20?,27-;;/m0../s1. The Bertz CT molecular complexity index is 1250. The lowest BCUT2D eigenvalue weighted by atomic mass is 9.91. The minimum Gasteiger partial charge on any atom is -0.485 e. The van der Waals surface area contributed by atoms with Crippen molar-refractivity contribution in [3.63, 3.8) is 0 Å². The molecular formula is C35H48N2O4. The molecule has 1 saturated carbocycles. The Morgan fingerprint density at radius 1 is 1.07 bits per heavy atom. The third-order valence-corrected chi connectivity index (χ3v) is 7.44. The molecule has 0 saturated heterocycles. The van der Waals surface area contributed by atoms with E-state index in [1.165, 1.54) is 36.0 Å². The summed E-state index contributed by atoms with van der Waals surface area (Å²) in [5.74, 6) is 0.267. The van der Waals surface area contributed by atoms with Crippen LogP contribution in [-0.2, 0) is 24.2 Å². The number of nitrogens with zero attached hydrogens (tertiary/aromatic N) is 2. The zero-order valence-corrected chi connectivity index (χ0v) is 25.8. The van der Waals surface area contributed by atoms with Crippen molar-refractivity contribution in [1.29, 1.82) is 0 Å². The summed E-state index contributed by atoms with van der Waals surface area (Å²) in [5.41, 5.74) is 6.85. The number of rotatable bonds is 10. The van der Waals surface area contributed by atoms with Crippen LogP contribution in [-0.4, -0.2) is 41.2 Å². The minimum atomic E-state index is -0.779. The van der Waals surface area contributed by atoms with Gasteiger partial charge in [0.05, 0.1) is 13.0 Å². The molecule has 1 aliphatic carbocycles. The third-order valence-electron chi connectivity index (χ3n) is 7.44. The van der Waals surface area contributed by atoms with Crippen LogP contribution in [0.5, 0.6) is 11.6 Å². The number of carboxylic acid groups (broad SMARTS) is 1. The lowest BCUT2D eigenvalue weighted by molar-refractivity contribution is -0.141. The molecule has 5 rings (SSSR count). The summed E-state index contributed by atoms with van der Waals surface area (Å²) in [7, 11) is 1.64. The van der Waals surface area contributed by atoms with Crippen molar-refractivity contribution < 1.29 is 19.4 Å². The summed E-state index contributed by atoms with van der Waals surface area (Å²) in [6.45, 7) is 12.9. The van der Waals surface area contributed by atoms with Crippen LogP contribution in [0.15, 0.2) is 54.7 Å². The average molecular weight is 561 g/mol. The summed E-state index contributed by atoms with van der Waals surface area (Å²) >= 11 is 0. The first kappa shape index (κ1) is 32.1. The molecule has 1 aliphatic heterocycles. The maximum absolute atomic E-state index is 11.3. The first-order valence-electron chi connectivity index (χ1n) is 15.3. The first-order chi connectivity index (χ1) is 19.9. The van der Waals surface area contributed by atoms with Crippen molar-refractivity contribution in [3.05, 3.63) is 77.0 Å². The number of aromatic nitrogens is 1. The summed E-state index contributed by atoms with van der Waals surface area (Å²) in [6.07, 6.45) is 8.58. The average Bonchev–Trinajstić information content (AvgIpc) is 3.90. The molecule has 0 radical (unpaired) electrons. The van der Waals surface area contributed by atoms with E-state index in [1.54, 1.807) is 20.2 Å². The van der Waals surface area contributed by atoms with Crippen LogP contribution in [0.3, 0.4) is 0 Å². The number of pyridine rings is 1. The van der Waals surface area contributed by atoms with Crippen molar-refractivity contribution in [1.82, 2.24) is 9.88 Å². The number of ether oxygens (including phenoxy) is 2. The molecule has 222 valence electrons. The van der Waals surface area contributed by atoms with Crippen molar-refractivity contribution in [3.8, 4) is 22.8 Å². The fourth-order valence-corrected chi connectivity index (χ4v) is 4.82. The Morgan fingerprint density at radius 3 is 2.44 bits per heavy atom. The molecule has 2 heterocycles. The van der Waals surface area contributed by atoms with E-state index in [9.17, 15) is 9.90 Å². The second kappa shape index (κ2) is 16.2. The fourth-order valence-electron chi connectivity index (χ4n) is 4.82. The van der Waals surface area contributed by atoms with Gasteiger partial charge in [-0.2, -0.15) is 0 Å². The van der Waals surface area contributed by atoms with Crippen LogP contribution in [0.1, 0.15) is 88.7 Å². The van der Waals surface area contributed by atoms with Gasteiger partial charge in [0.25, 0.3) is 0 Å². The Hall–Kier alpha value is -3.38. The highest BCUT2D eigenvalue weighted by molar-refractivity contribution is 5.70. The van der Waals surface area contributed by atoms with Gasteiger partial charge >= 0.3 is 5.97 Å². The molecule has 1 aromatic heterocycles. The van der Waals surface area contributed by atoms with Crippen LogP contribution < -0.4 is 9.47 Å². The van der Waals surface area contributed by atoms with Gasteiger partial charge in [0.15, 0.2) is 0 Å². The molecule has 6 heteroatoms. The van der Waals surface area contributed by atoms with Crippen LogP contribution in [0, 0.1) is 5.92 Å². The number of hydrogen-bond donors (Lipinski definition) is 1. The highest BCUT2D eigenvalue weighted by Crippen LogP contribution is 2.38. The van der Waals surface area contributed by atoms with E-state index in [2.05, 4.69) is 48.0 Å². The van der Waals surface area contributed by atoms with Crippen molar-refractivity contribution in [2.45, 2.75) is 85.8 Å². The number of benzene rings is 2. The SMILES string of the molecule is C1CC1.CC.CCN(CC)Cc1cc([C@@H]2CCc3ccc(CC(C)C(=O)O)cc3O2)ccc1-c1ccnc(OC)c1. The van der Waals surface area contributed by atoms with Crippen molar-refractivity contribution >= 4 is 5.97 Å². The van der Waals surface area contributed by atoms with Crippen molar-refractivity contribution in [2.75, 3.05) is 20.2 Å². The van der Waals surface area contributed by atoms with Gasteiger partial charge in [0.1, 0.15) is 11.9 Å². The molecule has 1 fully saturated rings. The van der Waals surface area contributed by atoms with Gasteiger partial charge < -0.3 is 14.6 Å². The monoisotopic (exact) mass is 560 g/mol. The summed E-state index contributed by atoms with van der Waals surface area (Å²) < 4.78 is 11.9. The lowest BCUT2D eigenvalue weighted by Gasteiger charge is -2.28. The van der Waals surface area contributed by atoms with Gasteiger partial charge in [-0.1, -0.05) is 84.2 Å². The second-order valence-electron chi connectivity index (χ2n) is 10.6. The molecule has 2 atom stereocenters. The maximum Gasteiger partial charge on any atom is 0.306 e. The highest BCUT2D eigenvalue weighted by Gasteiger charge is 2.24. The smallest absolute Gasteiger partial charge is 0.306 e. The quantitative estimate of drug-likeness (QED) is 0.270. The topological polar surface area (TPSA) is 71.9 Å². The van der Waals surface area contributed by atoms with Crippen LogP contribution >= 0.6 is 0 Å². The molecule has 1 unspecified atom stereocenters. The number of carbonyl (C=O) groups is 1. The van der Waals surface area contributed by atoms with Gasteiger partial charge in [-0.15, -0.1) is 0 Å². The summed E-state index contributed by atoms with van der Waals surface area (Å²) in [6, 6.07) is 16.8. The molecule has 0 spiro atoms. The zero-order chi connectivity index (χ0) is 29.8. The fraction of sp³-hybridized carbons (Fsp3) is 0.486. The van der Waals surface area contributed by atoms with E-state index in [0.29, 0.717) is 12.3 Å². The molecule has 3 aromatic rings. The first-order valence-corrected chi connectivity index (χ1v) is 15.3. The Labute approximate surface area is 246 Å². The second-order valence-corrected chi connectivity index (χ2v) is 10.6. The number of hydrogen-bond acceptors (Lipinski definition) is 5. The van der Waals surface area contributed by atoms with Gasteiger partial charge in [-0.3, -0.25) is 9.69 Å². The minimum absolute atomic E-state index is 0.0406. The highest BCUT2D eigenvalue weighted by atomic mass is 16.5. The molecule has 41 heavy (non-hydrogen) atoms. The van der Waals surface area contributed by atoms with E-state index in [-0.39, 0.29) is 6.10 Å². The van der Waals surface area contributed by atoms with Gasteiger partial charge in [-0.05, 0) is 77.9 Å². The van der Waals surface area contributed by atoms with E-state index < -0.39 is 11.9 Å². The molecule has 2 aromatic carbocycles. The van der Waals surface area contributed by atoms with Crippen LogP contribution in [0.25, 0.3) is 11.1 Å². The molecule has 6 nitrogen and oxygen atoms in total. The normalized spacial score (nSPS) is 15.7. The molecule has 2 aliphatic rings. The van der Waals surface area contributed by atoms with E-state index in [4.69, 9.17) is 9.47 Å². The molecule has 0 amide bonds. The summed E-state index contributed by atoms with van der Waals surface area (Å²) in [4.78, 5) is 18.0. The largest absolute Gasteiger partial charge is 0.485 e. The van der Waals surface area contributed by atoms with E-state index >= 15 is 0 Å². The summed E-state index contributed by atoms with van der Waals surface area (Å²) in [5, 5.41) is 9.29. The lowest BCUT2D eigenvalue weighted by Crippen LogP contribution is -2.23. The van der Waals surface area contributed by atoms with Crippen molar-refractivity contribution in [2.24, 2.45) is 5.92 Å². The maximum atomic E-state index is 11.3. The van der Waals surface area contributed by atoms with Crippen LogP contribution in [0.4, 0.5) is 0 Å². The van der Waals surface area contributed by atoms with Gasteiger partial charge in [-0.25, -0.2) is 4.98 Å². The predicted molar refractivity (Wildman–Crippen MR) is 167 cm³/mol. The Balaban J connectivity index is 0.000000850. The number of aliphatic carboxylic acids is 1. The molecule has 0 bridgehead atoms. The van der Waals surface area contributed by atoms with E-state index in [1.807, 2.05) is 38.1 Å². The zero-order valence-electron chi connectivity index (χ0n) is 25.8. The Morgan fingerprint density at radius 2 is 1.80 bits per heavy atom.